The Morgan fingerprint density at radius 1 is 1.24 bits per heavy atom. The highest BCUT2D eigenvalue weighted by molar-refractivity contribution is 7.99. The number of rotatable bonds is 5. The third-order valence-corrected chi connectivity index (χ3v) is 7.57. The van der Waals surface area contributed by atoms with E-state index in [-0.39, 0.29) is 5.56 Å². The summed E-state index contributed by atoms with van der Waals surface area (Å²) in [5, 5.41) is 10.5. The molecule has 0 spiro atoms. The van der Waals surface area contributed by atoms with Crippen molar-refractivity contribution in [2.75, 3.05) is 5.75 Å². The van der Waals surface area contributed by atoms with E-state index in [1.165, 1.54) is 36.1 Å². The molecule has 25 heavy (non-hydrogen) atoms. The molecular formula is C19H23N3OS2. The van der Waals surface area contributed by atoms with E-state index in [1.54, 1.807) is 23.1 Å². The van der Waals surface area contributed by atoms with Crippen LogP contribution in [0.1, 0.15) is 67.8 Å². The summed E-state index contributed by atoms with van der Waals surface area (Å²) in [6.45, 7) is 0. The molecule has 2 heterocycles. The summed E-state index contributed by atoms with van der Waals surface area (Å²) in [5.41, 5.74) is 1.48. The van der Waals surface area contributed by atoms with E-state index in [0.717, 1.165) is 53.2 Å². The standard InChI is InChI=1S/C19H23N3OS2/c20-11-5-6-12-24-19-21-17-16(14-9-3-4-10-15(14)25-17)18(23)22(19)13-7-1-2-8-13/h13H,1-10,12H2. The molecule has 132 valence electrons. The van der Waals surface area contributed by atoms with Crippen LogP contribution in [-0.4, -0.2) is 15.3 Å². The summed E-state index contributed by atoms with van der Waals surface area (Å²) in [6, 6.07) is 2.50. The minimum absolute atomic E-state index is 0.194. The predicted octanol–water partition coefficient (Wildman–Crippen LogP) is 4.85. The Balaban J connectivity index is 1.80. The molecule has 1 fully saturated rings. The van der Waals surface area contributed by atoms with Gasteiger partial charge in [0.2, 0.25) is 0 Å². The van der Waals surface area contributed by atoms with Crippen molar-refractivity contribution in [2.45, 2.75) is 75.4 Å². The van der Waals surface area contributed by atoms with E-state index in [4.69, 9.17) is 10.2 Å². The van der Waals surface area contributed by atoms with Crippen molar-refractivity contribution in [3.8, 4) is 6.07 Å². The molecule has 0 unspecified atom stereocenters. The van der Waals surface area contributed by atoms with Gasteiger partial charge in [-0.1, -0.05) is 24.6 Å². The van der Waals surface area contributed by atoms with Gasteiger partial charge in [0.25, 0.3) is 5.56 Å². The first-order valence-corrected chi connectivity index (χ1v) is 11.2. The lowest BCUT2D eigenvalue weighted by Gasteiger charge is -2.18. The van der Waals surface area contributed by atoms with Gasteiger partial charge in [0.1, 0.15) is 4.83 Å². The van der Waals surface area contributed by atoms with Gasteiger partial charge in [0.15, 0.2) is 5.16 Å². The SMILES string of the molecule is N#CCCCSc1nc2sc3c(c2c(=O)n1C1CCCC1)CCCC3. The molecule has 2 aromatic heterocycles. The highest BCUT2D eigenvalue weighted by atomic mass is 32.2. The number of unbranched alkanes of at least 4 members (excludes halogenated alkanes) is 1. The molecule has 0 N–H and O–H groups in total. The monoisotopic (exact) mass is 373 g/mol. The molecule has 0 aromatic carbocycles. The summed E-state index contributed by atoms with van der Waals surface area (Å²) in [6.07, 6.45) is 10.5. The first-order valence-electron chi connectivity index (χ1n) is 9.36. The zero-order valence-electron chi connectivity index (χ0n) is 14.4. The van der Waals surface area contributed by atoms with E-state index in [9.17, 15) is 4.79 Å². The fraction of sp³-hybridized carbons (Fsp3) is 0.632. The Morgan fingerprint density at radius 3 is 2.84 bits per heavy atom. The Bertz CT molecular complexity index is 871. The van der Waals surface area contributed by atoms with Gasteiger partial charge in [-0.3, -0.25) is 9.36 Å². The summed E-state index contributed by atoms with van der Waals surface area (Å²) in [4.78, 5) is 20.7. The first kappa shape index (κ1) is 17.1. The lowest BCUT2D eigenvalue weighted by molar-refractivity contribution is 0.457. The van der Waals surface area contributed by atoms with E-state index in [1.807, 2.05) is 4.57 Å². The third kappa shape index (κ3) is 3.24. The topological polar surface area (TPSA) is 58.7 Å². The third-order valence-electron chi connectivity index (χ3n) is 5.34. The maximum absolute atomic E-state index is 13.4. The van der Waals surface area contributed by atoms with Gasteiger partial charge in [-0.15, -0.1) is 11.3 Å². The lowest BCUT2D eigenvalue weighted by Crippen LogP contribution is -2.26. The molecule has 0 radical (unpaired) electrons. The molecule has 2 aliphatic rings. The number of thiophene rings is 1. The van der Waals surface area contributed by atoms with Crippen molar-refractivity contribution in [1.82, 2.24) is 9.55 Å². The van der Waals surface area contributed by atoms with Gasteiger partial charge < -0.3 is 0 Å². The van der Waals surface area contributed by atoms with Crippen molar-refractivity contribution in [2.24, 2.45) is 0 Å². The van der Waals surface area contributed by atoms with E-state index in [2.05, 4.69) is 6.07 Å². The van der Waals surface area contributed by atoms with E-state index in [0.29, 0.717) is 12.5 Å². The van der Waals surface area contributed by atoms with Crippen molar-refractivity contribution in [3.63, 3.8) is 0 Å². The summed E-state index contributed by atoms with van der Waals surface area (Å²) < 4.78 is 2.01. The highest BCUT2D eigenvalue weighted by Crippen LogP contribution is 2.37. The maximum atomic E-state index is 13.4. The maximum Gasteiger partial charge on any atom is 0.263 e. The average Bonchev–Trinajstić information content (AvgIpc) is 3.26. The van der Waals surface area contributed by atoms with E-state index < -0.39 is 0 Å². The van der Waals surface area contributed by atoms with Gasteiger partial charge in [-0.2, -0.15) is 5.26 Å². The first-order chi connectivity index (χ1) is 12.3. The number of hydrogen-bond donors (Lipinski definition) is 0. The Hall–Kier alpha value is -1.32. The second-order valence-electron chi connectivity index (χ2n) is 7.01. The molecule has 2 aromatic rings. The van der Waals surface area contributed by atoms with E-state index >= 15 is 0 Å². The molecular weight excluding hydrogens is 350 g/mol. The minimum Gasteiger partial charge on any atom is -0.284 e. The Morgan fingerprint density at radius 2 is 2.04 bits per heavy atom. The Kier molecular flexibility index (Phi) is 5.14. The number of aryl methyl sites for hydroxylation is 2. The summed E-state index contributed by atoms with van der Waals surface area (Å²) in [7, 11) is 0. The number of nitrogens with zero attached hydrogens (tertiary/aromatic N) is 3. The normalized spacial score (nSPS) is 17.7. The second kappa shape index (κ2) is 7.51. The minimum atomic E-state index is 0.194. The van der Waals surface area contributed by atoms with Gasteiger partial charge in [0.05, 0.1) is 11.5 Å². The number of aromatic nitrogens is 2. The smallest absolute Gasteiger partial charge is 0.263 e. The van der Waals surface area contributed by atoms with Crippen LogP contribution in [0.4, 0.5) is 0 Å². The fourth-order valence-electron chi connectivity index (χ4n) is 4.10. The second-order valence-corrected chi connectivity index (χ2v) is 9.15. The molecule has 4 rings (SSSR count). The van der Waals surface area contributed by atoms with Crippen LogP contribution in [0, 0.1) is 11.3 Å². The average molecular weight is 374 g/mol. The molecule has 0 amide bonds. The number of nitriles is 1. The summed E-state index contributed by atoms with van der Waals surface area (Å²) >= 11 is 3.39. The van der Waals surface area contributed by atoms with Crippen LogP contribution in [-0.2, 0) is 12.8 Å². The van der Waals surface area contributed by atoms with Crippen molar-refractivity contribution in [3.05, 3.63) is 20.8 Å². The van der Waals surface area contributed by atoms with Crippen molar-refractivity contribution < 1.29 is 0 Å². The number of thioether (sulfide) groups is 1. The highest BCUT2D eigenvalue weighted by Gasteiger charge is 2.26. The van der Waals surface area contributed by atoms with Gasteiger partial charge in [-0.05, 0) is 50.5 Å². The predicted molar refractivity (Wildman–Crippen MR) is 104 cm³/mol. The zero-order valence-corrected chi connectivity index (χ0v) is 16.1. The van der Waals surface area contributed by atoms with Crippen LogP contribution in [0.15, 0.2) is 9.95 Å². The van der Waals surface area contributed by atoms with Gasteiger partial charge >= 0.3 is 0 Å². The van der Waals surface area contributed by atoms with Crippen LogP contribution in [0.25, 0.3) is 10.2 Å². The lowest BCUT2D eigenvalue weighted by atomic mass is 9.97. The molecule has 1 saturated carbocycles. The molecule has 0 aliphatic heterocycles. The molecule has 0 atom stereocenters. The number of hydrogen-bond acceptors (Lipinski definition) is 5. The van der Waals surface area contributed by atoms with Gasteiger partial charge in [0, 0.05) is 23.1 Å². The van der Waals surface area contributed by atoms with Crippen LogP contribution in [0.5, 0.6) is 0 Å². The summed E-state index contributed by atoms with van der Waals surface area (Å²) in [5.74, 6) is 0.851. The van der Waals surface area contributed by atoms with Crippen LogP contribution in [0.2, 0.25) is 0 Å². The van der Waals surface area contributed by atoms with Crippen LogP contribution < -0.4 is 5.56 Å². The molecule has 2 aliphatic carbocycles. The molecule has 6 heteroatoms. The Labute approximate surface area is 156 Å². The van der Waals surface area contributed by atoms with Crippen LogP contribution in [0.3, 0.4) is 0 Å². The molecule has 4 nitrogen and oxygen atoms in total. The fourth-order valence-corrected chi connectivity index (χ4v) is 6.41. The van der Waals surface area contributed by atoms with Crippen LogP contribution >= 0.6 is 23.1 Å². The quantitative estimate of drug-likeness (QED) is 0.427. The largest absolute Gasteiger partial charge is 0.284 e. The molecule has 0 saturated heterocycles. The molecule has 0 bridgehead atoms. The van der Waals surface area contributed by atoms with Crippen molar-refractivity contribution in [1.29, 1.82) is 5.26 Å². The van der Waals surface area contributed by atoms with Crippen molar-refractivity contribution >= 4 is 33.3 Å². The zero-order chi connectivity index (χ0) is 17.2. The van der Waals surface area contributed by atoms with Gasteiger partial charge in [-0.25, -0.2) is 4.98 Å². The number of fused-ring (bicyclic) bond motifs is 3.